The smallest absolute Gasteiger partial charge is 0.256 e. The minimum Gasteiger partial charge on any atom is -0.458 e. The Labute approximate surface area is 658 Å². The van der Waals surface area contributed by atoms with Gasteiger partial charge in [0.05, 0.1) is 28.4 Å². The van der Waals surface area contributed by atoms with Crippen LogP contribution < -0.4 is 62.0 Å². The van der Waals surface area contributed by atoms with E-state index < -0.39 is 0 Å². The lowest BCUT2D eigenvalue weighted by Crippen LogP contribution is -2.64. The van der Waals surface area contributed by atoms with Crippen molar-refractivity contribution in [2.75, 3.05) is 24.5 Å². The Hall–Kier alpha value is -13.6. The number of hydrogen-bond donors (Lipinski definition) is 0. The van der Waals surface area contributed by atoms with E-state index in [4.69, 9.17) is 4.74 Å². The van der Waals surface area contributed by atoms with Crippen molar-refractivity contribution in [1.29, 1.82) is 0 Å². The van der Waals surface area contributed by atoms with Crippen LogP contribution in [0.5, 0.6) is 11.5 Å². The van der Waals surface area contributed by atoms with E-state index in [1.54, 1.807) is 0 Å². The molecule has 0 aliphatic carbocycles. The normalized spacial score (nSPS) is 12.9. The van der Waals surface area contributed by atoms with Crippen LogP contribution in [0.15, 0.2) is 382 Å². The molecule has 0 amide bonds. The molecule has 20 rings (SSSR count). The number of hydrogen-bond acceptors (Lipinski definition) is 6. The highest BCUT2D eigenvalue weighted by molar-refractivity contribution is 7.02. The molecule has 0 saturated carbocycles. The van der Waals surface area contributed by atoms with Gasteiger partial charge in [-0.2, -0.15) is 0 Å². The minimum absolute atomic E-state index is 0.0283. The second kappa shape index (κ2) is 27.2. The van der Waals surface area contributed by atoms with Gasteiger partial charge in [0.15, 0.2) is 0 Å². The zero-order valence-corrected chi connectivity index (χ0v) is 63.7. The largest absolute Gasteiger partial charge is 0.458 e. The van der Waals surface area contributed by atoms with Gasteiger partial charge >= 0.3 is 0 Å². The summed E-state index contributed by atoms with van der Waals surface area (Å²) in [5.74, 6) is 1.66. The van der Waals surface area contributed by atoms with E-state index >= 15 is 0 Å². The van der Waals surface area contributed by atoms with Gasteiger partial charge in [0.1, 0.15) is 11.5 Å². The van der Waals surface area contributed by atoms with Crippen LogP contribution in [-0.4, -0.2) is 13.4 Å². The van der Waals surface area contributed by atoms with Crippen LogP contribution in [0.4, 0.5) is 85.3 Å². The standard InChI is InChI=1S/C104H81B2N5O/c1-103(2,3)74-60-56-72(57-61-74)82-46-25-29-52-90(82)108(78-42-21-11-22-43-78)80-64-95-100-96(65-80)111(102-84(70-34-13-7-14-35-70)48-33-49-85(102)71-36-15-8-16-37-71)94-69-93-88(68-89(94)105(100)86-50-27-31-54-92(86)110(95)91-53-30-26-47-83(91)73-58-62-75(63-59-73)104(4,5)6)106-87-51-28-32-55-98(87)112-99-67-81(66-97(101(99)106)109(93)79-44-23-12-24-45-79)107(76-38-17-9-18-39-76)77-40-19-10-20-41-77/h7-69H,1-6H3. The van der Waals surface area contributed by atoms with Crippen molar-refractivity contribution >= 4 is 132 Å². The molecule has 0 bridgehead atoms. The van der Waals surface area contributed by atoms with Gasteiger partial charge in [-0.1, -0.05) is 321 Å². The van der Waals surface area contributed by atoms with Gasteiger partial charge < -0.3 is 29.2 Å². The number of anilines is 15. The zero-order chi connectivity index (χ0) is 75.3. The van der Waals surface area contributed by atoms with Crippen LogP contribution in [0, 0.1) is 0 Å². The number of fused-ring (bicyclic) bond motifs is 8. The molecule has 0 aromatic heterocycles. The second-order valence-electron chi connectivity index (χ2n) is 32.0. The first kappa shape index (κ1) is 67.8. The van der Waals surface area contributed by atoms with Crippen LogP contribution >= 0.6 is 0 Å². The van der Waals surface area contributed by atoms with Crippen molar-refractivity contribution < 1.29 is 4.74 Å². The predicted octanol–water partition coefficient (Wildman–Crippen LogP) is 24.4. The van der Waals surface area contributed by atoms with Crippen molar-refractivity contribution in [2.45, 2.75) is 52.4 Å². The Morgan fingerprint density at radius 1 is 0.250 bits per heavy atom. The molecule has 112 heavy (non-hydrogen) atoms. The van der Waals surface area contributed by atoms with E-state index in [-0.39, 0.29) is 24.3 Å². The third-order valence-corrected chi connectivity index (χ3v) is 23.2. The van der Waals surface area contributed by atoms with E-state index in [2.05, 4.69) is 448 Å². The lowest BCUT2D eigenvalue weighted by molar-refractivity contribution is 0.487. The Morgan fingerprint density at radius 2 is 0.661 bits per heavy atom. The quantitative estimate of drug-likeness (QED) is 0.107. The summed E-state index contributed by atoms with van der Waals surface area (Å²) in [5.41, 5.74) is 34.3. The lowest BCUT2D eigenvalue weighted by Gasteiger charge is -2.47. The zero-order valence-electron chi connectivity index (χ0n) is 63.7. The molecule has 0 unspecified atom stereocenters. The van der Waals surface area contributed by atoms with Gasteiger partial charge in [-0.25, -0.2) is 0 Å². The highest BCUT2D eigenvalue weighted by atomic mass is 16.5. The summed E-state index contributed by atoms with van der Waals surface area (Å²) >= 11 is 0. The van der Waals surface area contributed by atoms with Gasteiger partial charge in [0.25, 0.3) is 13.4 Å². The summed E-state index contributed by atoms with van der Waals surface area (Å²) in [6.07, 6.45) is 0. The molecule has 6 nitrogen and oxygen atoms in total. The van der Waals surface area contributed by atoms with Crippen molar-refractivity contribution in [3.05, 3.63) is 393 Å². The van der Waals surface area contributed by atoms with Crippen LogP contribution in [-0.2, 0) is 10.8 Å². The maximum atomic E-state index is 7.43. The van der Waals surface area contributed by atoms with Crippen molar-refractivity contribution in [1.82, 2.24) is 0 Å². The average Bonchev–Trinajstić information content (AvgIpc) is 0.682. The van der Waals surface area contributed by atoms with E-state index in [0.29, 0.717) is 0 Å². The molecule has 4 aliphatic heterocycles. The van der Waals surface area contributed by atoms with Gasteiger partial charge in [-0.3, -0.25) is 0 Å². The van der Waals surface area contributed by atoms with Crippen molar-refractivity contribution in [3.63, 3.8) is 0 Å². The Morgan fingerprint density at radius 3 is 1.23 bits per heavy atom. The van der Waals surface area contributed by atoms with Gasteiger partial charge in [0.2, 0.25) is 0 Å². The molecule has 4 heterocycles. The molecular formula is C104H81B2N5O. The summed E-state index contributed by atoms with van der Waals surface area (Å²) in [6, 6.07) is 142. The summed E-state index contributed by atoms with van der Waals surface area (Å²) in [4.78, 5) is 12.8. The first-order chi connectivity index (χ1) is 54.9. The number of rotatable bonds is 13. The molecular weight excluding hydrogens is 1360 g/mol. The fourth-order valence-corrected chi connectivity index (χ4v) is 17.9. The number of ether oxygens (including phenoxy) is 1. The number of para-hydroxylation sites is 9. The molecule has 4 aliphatic rings. The maximum absolute atomic E-state index is 7.43. The molecule has 16 aromatic carbocycles. The fourth-order valence-electron chi connectivity index (χ4n) is 17.9. The highest BCUT2D eigenvalue weighted by Crippen LogP contribution is 2.56. The third kappa shape index (κ3) is 11.5. The monoisotopic (exact) mass is 1440 g/mol. The lowest BCUT2D eigenvalue weighted by atomic mass is 9.30. The summed E-state index contributed by atoms with van der Waals surface area (Å²) in [5, 5.41) is 0. The molecule has 0 spiro atoms. The van der Waals surface area contributed by atoms with E-state index in [9.17, 15) is 0 Å². The molecule has 0 atom stereocenters. The SMILES string of the molecule is CC(C)(C)c1ccc(-c2ccccc2N(c2ccccc2)c2cc3c4c(c2)N(c2c(-c5ccccc5)cccc2-c2ccccc2)c2cc5c(cc2B4c2ccccc2N3c2ccccc2-c2ccc(C(C)(C)C)cc2)B2c3ccccc3Oc3cc(N(c4ccccc4)c4ccccc4)cc(c32)N5c2ccccc2)cc1. The Kier molecular flexibility index (Phi) is 16.5. The van der Waals surface area contributed by atoms with Crippen LogP contribution in [0.3, 0.4) is 0 Å². The maximum Gasteiger partial charge on any atom is 0.256 e. The molecule has 0 fully saturated rings. The van der Waals surface area contributed by atoms with Crippen molar-refractivity contribution in [3.8, 4) is 56.0 Å². The van der Waals surface area contributed by atoms with Gasteiger partial charge in [-0.15, -0.1) is 0 Å². The average molecular weight is 1440 g/mol. The summed E-state index contributed by atoms with van der Waals surface area (Å²) < 4.78 is 7.43. The highest BCUT2D eigenvalue weighted by Gasteiger charge is 2.49. The summed E-state index contributed by atoms with van der Waals surface area (Å²) in [6.45, 7) is 13.2. The number of benzene rings is 16. The molecule has 8 heteroatoms. The van der Waals surface area contributed by atoms with Gasteiger partial charge in [-0.05, 0) is 174 Å². The molecule has 0 radical (unpaired) electrons. The second-order valence-corrected chi connectivity index (χ2v) is 32.0. The minimum atomic E-state index is -0.307. The van der Waals surface area contributed by atoms with Crippen LogP contribution in [0.2, 0.25) is 0 Å². The van der Waals surface area contributed by atoms with E-state index in [0.717, 1.165) is 152 Å². The van der Waals surface area contributed by atoms with Crippen LogP contribution in [0.1, 0.15) is 52.7 Å². The van der Waals surface area contributed by atoms with Gasteiger partial charge in [0, 0.05) is 85.2 Å². The van der Waals surface area contributed by atoms with E-state index in [1.807, 2.05) is 0 Å². The molecule has 0 N–H and O–H groups in total. The predicted molar refractivity (Wildman–Crippen MR) is 475 cm³/mol. The Balaban J connectivity index is 0.939. The topological polar surface area (TPSA) is 25.4 Å². The Bertz CT molecular complexity index is 6170. The van der Waals surface area contributed by atoms with E-state index in [1.165, 1.54) is 33.0 Å². The molecule has 16 aromatic rings. The number of nitrogens with zero attached hydrogens (tertiary/aromatic N) is 5. The molecule has 534 valence electrons. The third-order valence-electron chi connectivity index (χ3n) is 23.2. The molecule has 0 saturated heterocycles. The fraction of sp³-hybridized carbons (Fsp3) is 0.0769. The first-order valence-electron chi connectivity index (χ1n) is 39.1. The summed E-state index contributed by atoms with van der Waals surface area (Å²) in [7, 11) is 0. The van der Waals surface area contributed by atoms with Crippen molar-refractivity contribution in [2.24, 2.45) is 0 Å². The van der Waals surface area contributed by atoms with Crippen LogP contribution in [0.25, 0.3) is 44.5 Å². The first-order valence-corrected chi connectivity index (χ1v) is 39.1.